The second kappa shape index (κ2) is 6.83. The summed E-state index contributed by atoms with van der Waals surface area (Å²) in [5.41, 5.74) is 6.76. The number of aliphatic hydroxyl groups is 1. The predicted molar refractivity (Wildman–Crippen MR) is 84.9 cm³/mol. The van der Waals surface area contributed by atoms with Crippen molar-refractivity contribution in [2.24, 2.45) is 5.73 Å². The highest BCUT2D eigenvalue weighted by atomic mass is 16.3. The second-order valence-corrected chi connectivity index (χ2v) is 6.71. The van der Waals surface area contributed by atoms with Crippen molar-refractivity contribution in [1.29, 1.82) is 0 Å². The van der Waals surface area contributed by atoms with E-state index in [0.717, 1.165) is 32.7 Å². The molecule has 0 bridgehead atoms. The monoisotopic (exact) mass is 292 g/mol. The molecule has 0 aromatic carbocycles. The number of aromatic nitrogens is 1. The van der Waals surface area contributed by atoms with E-state index in [0.29, 0.717) is 0 Å². The lowest BCUT2D eigenvalue weighted by molar-refractivity contribution is 0.00879. The van der Waals surface area contributed by atoms with Gasteiger partial charge in [-0.3, -0.25) is 14.8 Å². The third-order valence-electron chi connectivity index (χ3n) is 3.93. The van der Waals surface area contributed by atoms with Crippen LogP contribution in [0.4, 0.5) is 0 Å². The molecule has 5 heteroatoms. The molecule has 0 saturated carbocycles. The lowest BCUT2D eigenvalue weighted by atomic mass is 10.00. The van der Waals surface area contributed by atoms with Gasteiger partial charge in [-0.05, 0) is 32.4 Å². The molecule has 0 amide bonds. The molecule has 2 atom stereocenters. The van der Waals surface area contributed by atoms with Crippen molar-refractivity contribution in [2.75, 3.05) is 32.7 Å². The van der Waals surface area contributed by atoms with E-state index >= 15 is 0 Å². The van der Waals surface area contributed by atoms with Gasteiger partial charge >= 0.3 is 0 Å². The van der Waals surface area contributed by atoms with E-state index in [1.165, 1.54) is 5.56 Å². The molecule has 5 nitrogen and oxygen atoms in total. The second-order valence-electron chi connectivity index (χ2n) is 6.71. The van der Waals surface area contributed by atoms with Crippen molar-refractivity contribution in [3.05, 3.63) is 30.1 Å². The minimum atomic E-state index is -0.633. The molecule has 1 fully saturated rings. The summed E-state index contributed by atoms with van der Waals surface area (Å²) in [6.45, 7) is 10.4. The van der Waals surface area contributed by atoms with Crippen LogP contribution >= 0.6 is 0 Å². The Labute approximate surface area is 127 Å². The van der Waals surface area contributed by atoms with Crippen LogP contribution in [0.25, 0.3) is 0 Å². The van der Waals surface area contributed by atoms with Crippen molar-refractivity contribution < 1.29 is 5.11 Å². The molecule has 1 aliphatic heterocycles. The Hall–Kier alpha value is -1.01. The Kier molecular flexibility index (Phi) is 5.32. The number of nitrogens with zero attached hydrogens (tertiary/aromatic N) is 3. The maximum Gasteiger partial charge on any atom is 0.0718 e. The molecular weight excluding hydrogens is 264 g/mol. The Bertz CT molecular complexity index is 422. The topological polar surface area (TPSA) is 65.6 Å². The molecule has 0 aliphatic carbocycles. The third-order valence-corrected chi connectivity index (χ3v) is 3.93. The summed E-state index contributed by atoms with van der Waals surface area (Å²) in [5.74, 6) is 0. The van der Waals surface area contributed by atoms with E-state index in [4.69, 9.17) is 5.73 Å². The number of rotatable bonds is 5. The predicted octanol–water partition coefficient (Wildman–Crippen LogP) is 0.858. The standard InChI is InChI=1S/C16H28N4O/c1-13(17)15(14-5-4-6-18-11-14)20-9-7-19(8-10-20)12-16(2,3)21/h4-6,11,13,15,21H,7-10,12,17H2,1-3H3. The van der Waals surface area contributed by atoms with Crippen LogP contribution in [0, 0.1) is 0 Å². The zero-order chi connectivity index (χ0) is 15.5. The largest absolute Gasteiger partial charge is 0.389 e. The molecule has 0 radical (unpaired) electrons. The maximum atomic E-state index is 9.93. The highest BCUT2D eigenvalue weighted by Gasteiger charge is 2.29. The van der Waals surface area contributed by atoms with Gasteiger partial charge in [0, 0.05) is 51.2 Å². The lowest BCUT2D eigenvalue weighted by Gasteiger charge is -2.42. The van der Waals surface area contributed by atoms with Crippen LogP contribution in [0.15, 0.2) is 24.5 Å². The molecule has 1 aliphatic rings. The zero-order valence-electron chi connectivity index (χ0n) is 13.4. The fourth-order valence-electron chi connectivity index (χ4n) is 3.14. The van der Waals surface area contributed by atoms with E-state index in [1.54, 1.807) is 6.20 Å². The molecule has 3 N–H and O–H groups in total. The van der Waals surface area contributed by atoms with Gasteiger partial charge < -0.3 is 10.8 Å². The number of nitrogens with two attached hydrogens (primary N) is 1. The summed E-state index contributed by atoms with van der Waals surface area (Å²) in [5, 5.41) is 9.93. The first kappa shape index (κ1) is 16.4. The van der Waals surface area contributed by atoms with Gasteiger partial charge in [-0.15, -0.1) is 0 Å². The summed E-state index contributed by atoms with van der Waals surface area (Å²) in [4.78, 5) is 8.97. The molecular formula is C16H28N4O. The number of hydrogen-bond acceptors (Lipinski definition) is 5. The number of pyridine rings is 1. The Morgan fingerprint density at radius 3 is 2.48 bits per heavy atom. The van der Waals surface area contributed by atoms with E-state index in [9.17, 15) is 5.11 Å². The first-order valence-corrected chi connectivity index (χ1v) is 7.71. The van der Waals surface area contributed by atoms with Gasteiger partial charge in [0.05, 0.1) is 11.6 Å². The molecule has 2 rings (SSSR count). The molecule has 1 saturated heterocycles. The summed E-state index contributed by atoms with van der Waals surface area (Å²) in [6, 6.07) is 4.34. The van der Waals surface area contributed by atoms with E-state index in [-0.39, 0.29) is 12.1 Å². The first-order chi connectivity index (χ1) is 9.87. The number of hydrogen-bond donors (Lipinski definition) is 2. The Morgan fingerprint density at radius 2 is 2.00 bits per heavy atom. The lowest BCUT2D eigenvalue weighted by Crippen LogP contribution is -2.53. The highest BCUT2D eigenvalue weighted by molar-refractivity contribution is 5.16. The summed E-state index contributed by atoms with van der Waals surface area (Å²) < 4.78 is 0. The number of piperazine rings is 1. The minimum Gasteiger partial charge on any atom is -0.389 e. The smallest absolute Gasteiger partial charge is 0.0718 e. The molecule has 2 unspecified atom stereocenters. The highest BCUT2D eigenvalue weighted by Crippen LogP contribution is 2.24. The van der Waals surface area contributed by atoms with Gasteiger partial charge in [-0.25, -0.2) is 0 Å². The molecule has 118 valence electrons. The Morgan fingerprint density at radius 1 is 1.33 bits per heavy atom. The molecule has 0 spiro atoms. The van der Waals surface area contributed by atoms with Crippen molar-refractivity contribution >= 4 is 0 Å². The zero-order valence-corrected chi connectivity index (χ0v) is 13.4. The van der Waals surface area contributed by atoms with Gasteiger partial charge in [-0.1, -0.05) is 6.07 Å². The third kappa shape index (κ3) is 4.74. The van der Waals surface area contributed by atoms with Crippen LogP contribution in [0.1, 0.15) is 32.4 Å². The maximum absolute atomic E-state index is 9.93. The van der Waals surface area contributed by atoms with Crippen molar-refractivity contribution in [3.63, 3.8) is 0 Å². The SMILES string of the molecule is CC(N)C(c1cccnc1)N1CCN(CC(C)(C)O)CC1. The van der Waals surface area contributed by atoms with E-state index in [2.05, 4.69) is 27.8 Å². The van der Waals surface area contributed by atoms with Crippen LogP contribution < -0.4 is 5.73 Å². The van der Waals surface area contributed by atoms with Crippen LogP contribution in [0.5, 0.6) is 0 Å². The van der Waals surface area contributed by atoms with Gasteiger partial charge in [-0.2, -0.15) is 0 Å². The van der Waals surface area contributed by atoms with Crippen molar-refractivity contribution in [2.45, 2.75) is 38.5 Å². The Balaban J connectivity index is 1.99. The molecule has 2 heterocycles. The summed E-state index contributed by atoms with van der Waals surface area (Å²) >= 11 is 0. The molecule has 1 aromatic rings. The van der Waals surface area contributed by atoms with E-state index in [1.807, 2.05) is 26.1 Å². The average molecular weight is 292 g/mol. The number of β-amino-alcohol motifs (C(OH)–C–C–N with tert-alkyl or cyclic N) is 1. The van der Waals surface area contributed by atoms with Crippen molar-refractivity contribution in [1.82, 2.24) is 14.8 Å². The van der Waals surface area contributed by atoms with E-state index < -0.39 is 5.60 Å². The normalized spacial score (nSPS) is 21.2. The quantitative estimate of drug-likeness (QED) is 0.842. The fraction of sp³-hybridized carbons (Fsp3) is 0.688. The van der Waals surface area contributed by atoms with Crippen LogP contribution in [0.2, 0.25) is 0 Å². The van der Waals surface area contributed by atoms with Gasteiger partial charge in [0.25, 0.3) is 0 Å². The van der Waals surface area contributed by atoms with Crippen molar-refractivity contribution in [3.8, 4) is 0 Å². The van der Waals surface area contributed by atoms with Gasteiger partial charge in [0.1, 0.15) is 0 Å². The summed E-state index contributed by atoms with van der Waals surface area (Å²) in [7, 11) is 0. The molecule has 21 heavy (non-hydrogen) atoms. The summed E-state index contributed by atoms with van der Waals surface area (Å²) in [6.07, 6.45) is 3.71. The fourth-order valence-corrected chi connectivity index (χ4v) is 3.14. The molecule has 1 aromatic heterocycles. The van der Waals surface area contributed by atoms with Gasteiger partial charge in [0.2, 0.25) is 0 Å². The minimum absolute atomic E-state index is 0.0648. The van der Waals surface area contributed by atoms with Gasteiger partial charge in [0.15, 0.2) is 0 Å². The average Bonchev–Trinajstić information content (AvgIpc) is 2.40. The first-order valence-electron chi connectivity index (χ1n) is 7.71. The van der Waals surface area contributed by atoms with Crippen LogP contribution in [-0.2, 0) is 0 Å². The van der Waals surface area contributed by atoms with Crippen LogP contribution in [0.3, 0.4) is 0 Å². The van der Waals surface area contributed by atoms with Crippen LogP contribution in [-0.4, -0.2) is 64.3 Å².